The Hall–Kier alpha value is -0.910. The molecule has 1 fully saturated rings. The van der Waals surface area contributed by atoms with Gasteiger partial charge in [0.1, 0.15) is 0 Å². The molecule has 1 N–H and O–H groups in total. The summed E-state index contributed by atoms with van der Waals surface area (Å²) >= 11 is 3.50. The first-order valence-electron chi connectivity index (χ1n) is 6.85. The third-order valence-electron chi connectivity index (χ3n) is 3.55. The average Bonchev–Trinajstić information content (AvgIpc) is 2.41. The second-order valence-electron chi connectivity index (χ2n) is 4.92. The van der Waals surface area contributed by atoms with Crippen molar-refractivity contribution in [2.24, 2.45) is 0 Å². The van der Waals surface area contributed by atoms with E-state index in [0.717, 1.165) is 36.0 Å². The molecule has 0 aliphatic heterocycles. The van der Waals surface area contributed by atoms with Gasteiger partial charge in [-0.15, -0.1) is 0 Å². The lowest BCUT2D eigenvalue weighted by Crippen LogP contribution is -2.45. The van der Waals surface area contributed by atoms with E-state index in [4.69, 9.17) is 9.47 Å². The number of rotatable bonds is 6. The van der Waals surface area contributed by atoms with E-state index in [0.29, 0.717) is 17.7 Å². The number of nitrogens with one attached hydrogen (secondary N) is 1. The van der Waals surface area contributed by atoms with Crippen molar-refractivity contribution in [2.45, 2.75) is 38.5 Å². The van der Waals surface area contributed by atoms with Crippen molar-refractivity contribution in [3.63, 3.8) is 0 Å². The molecule has 0 aromatic heterocycles. The summed E-state index contributed by atoms with van der Waals surface area (Å²) in [6.07, 6.45) is 2.57. The quantitative estimate of drug-likeness (QED) is 0.808. The van der Waals surface area contributed by atoms with Gasteiger partial charge in [-0.3, -0.25) is 0 Å². The van der Waals surface area contributed by atoms with Gasteiger partial charge in [0.25, 0.3) is 0 Å². The van der Waals surface area contributed by atoms with Gasteiger partial charge in [0.05, 0.1) is 18.8 Å². The molecule has 1 aromatic carbocycles. The molecular formula is C15H20BrNO3. The fourth-order valence-corrected chi connectivity index (χ4v) is 2.81. The normalized spacial score (nSPS) is 21.4. The lowest BCUT2D eigenvalue weighted by atomic mass is 9.89. The molecule has 0 heterocycles. The highest BCUT2D eigenvalue weighted by molar-refractivity contribution is 9.10. The topological polar surface area (TPSA) is 47.6 Å². The zero-order valence-electron chi connectivity index (χ0n) is 11.8. The molecule has 0 bridgehead atoms. The minimum Gasteiger partial charge on any atom is -0.465 e. The van der Waals surface area contributed by atoms with E-state index in [1.165, 1.54) is 7.11 Å². The molecule has 4 nitrogen and oxygen atoms in total. The van der Waals surface area contributed by atoms with Crippen LogP contribution in [-0.4, -0.2) is 31.8 Å². The van der Waals surface area contributed by atoms with Crippen LogP contribution < -0.4 is 5.32 Å². The van der Waals surface area contributed by atoms with Gasteiger partial charge in [0.2, 0.25) is 0 Å². The van der Waals surface area contributed by atoms with Crippen LogP contribution in [0, 0.1) is 0 Å². The number of carbonyl (C=O) groups excluding carboxylic acids is 1. The molecule has 5 heteroatoms. The number of esters is 1. The first-order valence-corrected chi connectivity index (χ1v) is 7.65. The molecule has 0 saturated heterocycles. The zero-order chi connectivity index (χ0) is 14.5. The van der Waals surface area contributed by atoms with Gasteiger partial charge in [0, 0.05) is 23.7 Å². The zero-order valence-corrected chi connectivity index (χ0v) is 13.4. The van der Waals surface area contributed by atoms with Crippen LogP contribution in [0.1, 0.15) is 35.7 Å². The Balaban J connectivity index is 1.83. The van der Waals surface area contributed by atoms with Crippen LogP contribution in [0.5, 0.6) is 0 Å². The molecule has 0 spiro atoms. The first-order chi connectivity index (χ1) is 9.63. The van der Waals surface area contributed by atoms with Crippen molar-refractivity contribution in [2.75, 3.05) is 13.7 Å². The van der Waals surface area contributed by atoms with Crippen LogP contribution >= 0.6 is 15.9 Å². The van der Waals surface area contributed by atoms with Gasteiger partial charge in [-0.05, 0) is 37.5 Å². The van der Waals surface area contributed by atoms with Gasteiger partial charge in [0.15, 0.2) is 0 Å². The van der Waals surface area contributed by atoms with E-state index in [-0.39, 0.29) is 5.97 Å². The molecule has 1 aliphatic rings. The molecule has 0 unspecified atom stereocenters. The lowest BCUT2D eigenvalue weighted by molar-refractivity contribution is -0.0102. The lowest BCUT2D eigenvalue weighted by Gasteiger charge is -2.35. The van der Waals surface area contributed by atoms with Crippen molar-refractivity contribution in [3.8, 4) is 0 Å². The maximum Gasteiger partial charge on any atom is 0.337 e. The number of hydrogen-bond acceptors (Lipinski definition) is 4. The second kappa shape index (κ2) is 7.20. The van der Waals surface area contributed by atoms with E-state index < -0.39 is 0 Å². The highest BCUT2D eigenvalue weighted by atomic mass is 79.9. The third kappa shape index (κ3) is 3.81. The number of hydrogen-bond donors (Lipinski definition) is 1. The Kier molecular flexibility index (Phi) is 5.57. The minimum atomic E-state index is -0.316. The highest BCUT2D eigenvalue weighted by Crippen LogP contribution is 2.25. The van der Waals surface area contributed by atoms with Gasteiger partial charge in [-0.1, -0.05) is 22.0 Å². The molecule has 1 aliphatic carbocycles. The van der Waals surface area contributed by atoms with Gasteiger partial charge in [-0.25, -0.2) is 4.79 Å². The number of halogens is 1. The molecule has 1 saturated carbocycles. The minimum absolute atomic E-state index is 0.316. The molecule has 0 amide bonds. The summed E-state index contributed by atoms with van der Waals surface area (Å²) in [5, 5.41) is 3.50. The highest BCUT2D eigenvalue weighted by Gasteiger charge is 2.28. The monoisotopic (exact) mass is 341 g/mol. The summed E-state index contributed by atoms with van der Waals surface area (Å²) in [6, 6.07) is 6.06. The van der Waals surface area contributed by atoms with Gasteiger partial charge < -0.3 is 14.8 Å². The Bertz CT molecular complexity index is 472. The van der Waals surface area contributed by atoms with Gasteiger partial charge >= 0.3 is 5.97 Å². The van der Waals surface area contributed by atoms with Crippen molar-refractivity contribution < 1.29 is 14.3 Å². The van der Waals surface area contributed by atoms with E-state index >= 15 is 0 Å². The summed E-state index contributed by atoms with van der Waals surface area (Å²) in [4.78, 5) is 11.4. The number of ether oxygens (including phenoxy) is 2. The summed E-state index contributed by atoms with van der Waals surface area (Å²) < 4.78 is 11.2. The average molecular weight is 342 g/mol. The maximum atomic E-state index is 11.4. The molecular weight excluding hydrogens is 322 g/mol. The van der Waals surface area contributed by atoms with Crippen LogP contribution in [-0.2, 0) is 16.0 Å². The summed E-state index contributed by atoms with van der Waals surface area (Å²) in [5.41, 5.74) is 1.70. The van der Waals surface area contributed by atoms with E-state index in [1.807, 2.05) is 13.0 Å². The van der Waals surface area contributed by atoms with Gasteiger partial charge in [-0.2, -0.15) is 0 Å². The predicted molar refractivity (Wildman–Crippen MR) is 80.8 cm³/mol. The Morgan fingerprint density at radius 1 is 1.45 bits per heavy atom. The number of carbonyl (C=O) groups is 1. The molecule has 20 heavy (non-hydrogen) atoms. The van der Waals surface area contributed by atoms with Crippen LogP contribution in [0.2, 0.25) is 0 Å². The van der Waals surface area contributed by atoms with Crippen molar-refractivity contribution >= 4 is 21.9 Å². The van der Waals surface area contributed by atoms with Crippen LogP contribution in [0.4, 0.5) is 0 Å². The van der Waals surface area contributed by atoms with Crippen molar-refractivity contribution in [1.82, 2.24) is 5.32 Å². The summed E-state index contributed by atoms with van der Waals surface area (Å²) in [6.45, 7) is 3.60. The van der Waals surface area contributed by atoms with E-state index in [2.05, 4.69) is 21.2 Å². The molecule has 110 valence electrons. The smallest absolute Gasteiger partial charge is 0.337 e. The summed E-state index contributed by atoms with van der Waals surface area (Å²) in [5.74, 6) is -0.316. The SMILES string of the molecule is CCOC1CC(NCc2ccc(C(=O)OC)cc2Br)C1. The number of methoxy groups -OCH3 is 1. The fourth-order valence-electron chi connectivity index (χ4n) is 2.29. The molecule has 2 rings (SSSR count). The third-order valence-corrected chi connectivity index (χ3v) is 4.29. The van der Waals surface area contributed by atoms with Crippen LogP contribution in [0.15, 0.2) is 22.7 Å². The standard InChI is InChI=1S/C15H20BrNO3/c1-3-20-13-7-12(8-13)17-9-11-5-4-10(6-14(11)16)15(18)19-2/h4-6,12-13,17H,3,7-9H2,1-2H3. The summed E-state index contributed by atoms with van der Waals surface area (Å²) in [7, 11) is 1.39. The van der Waals surface area contributed by atoms with Crippen LogP contribution in [0.25, 0.3) is 0 Å². The molecule has 1 aromatic rings. The Labute approximate surface area is 128 Å². The molecule has 0 radical (unpaired) electrons. The fraction of sp³-hybridized carbons (Fsp3) is 0.533. The first kappa shape index (κ1) is 15.5. The second-order valence-corrected chi connectivity index (χ2v) is 5.78. The largest absolute Gasteiger partial charge is 0.465 e. The Morgan fingerprint density at radius 3 is 2.80 bits per heavy atom. The Morgan fingerprint density at radius 2 is 2.20 bits per heavy atom. The van der Waals surface area contributed by atoms with Crippen molar-refractivity contribution in [3.05, 3.63) is 33.8 Å². The molecule has 0 atom stereocenters. The maximum absolute atomic E-state index is 11.4. The van der Waals surface area contributed by atoms with E-state index in [1.54, 1.807) is 12.1 Å². The number of benzene rings is 1. The van der Waals surface area contributed by atoms with Crippen LogP contribution in [0.3, 0.4) is 0 Å². The van der Waals surface area contributed by atoms with E-state index in [9.17, 15) is 4.79 Å². The van der Waals surface area contributed by atoms with Crippen molar-refractivity contribution in [1.29, 1.82) is 0 Å². The predicted octanol–water partition coefficient (Wildman–Crippen LogP) is 2.89.